The van der Waals surface area contributed by atoms with Crippen LogP contribution in [0.2, 0.25) is 0 Å². The fourth-order valence-corrected chi connectivity index (χ4v) is 9.34. The molecule has 0 saturated carbocycles. The fraction of sp³-hybridized carbons (Fsp3) is 0.163. The van der Waals surface area contributed by atoms with E-state index in [2.05, 4.69) is 160 Å². The number of rotatable bonds is 0. The lowest BCUT2D eigenvalue weighted by atomic mass is 9.91. The zero-order valence-electron chi connectivity index (χ0n) is 29.4. The summed E-state index contributed by atoms with van der Waals surface area (Å²) in [7, 11) is 0. The van der Waals surface area contributed by atoms with E-state index in [0.29, 0.717) is 0 Å². The summed E-state index contributed by atoms with van der Waals surface area (Å²) in [5.74, 6) is 0. The zero-order valence-corrected chi connectivity index (χ0v) is 29.4. The van der Waals surface area contributed by atoms with E-state index in [0.717, 1.165) is 51.5 Å². The lowest BCUT2D eigenvalue weighted by Crippen LogP contribution is -2.41. The largest absolute Gasteiger partial charge is 0.229 e. The topological polar surface area (TPSA) is 11.6 Å². The SMILES string of the molecule is c1ccc2c(c1)C/C1=C3/c4ccccc4-c4ccc(c[n+]43)CCc3ccc4cc3CCc3ccc-2[n+](c3)Cc2ccc(cc2-[n+]2ccccc21)CC4. The lowest BCUT2D eigenvalue weighted by molar-refractivity contribution is -0.680. The van der Waals surface area contributed by atoms with E-state index >= 15 is 0 Å². The van der Waals surface area contributed by atoms with Crippen molar-refractivity contribution < 1.29 is 13.7 Å². The van der Waals surface area contributed by atoms with Crippen molar-refractivity contribution in [2.45, 2.75) is 51.5 Å². The molecule has 3 heteroatoms. The molecule has 0 spiro atoms. The minimum Gasteiger partial charge on any atom is -0.193 e. The van der Waals surface area contributed by atoms with Gasteiger partial charge >= 0.3 is 0 Å². The van der Waals surface area contributed by atoms with Gasteiger partial charge in [-0.15, -0.1) is 0 Å². The summed E-state index contributed by atoms with van der Waals surface area (Å²) in [4.78, 5) is 0. The van der Waals surface area contributed by atoms with Crippen molar-refractivity contribution >= 4 is 11.3 Å². The first-order valence-electron chi connectivity index (χ1n) is 19.0. The van der Waals surface area contributed by atoms with Crippen LogP contribution in [-0.4, -0.2) is 0 Å². The summed E-state index contributed by atoms with van der Waals surface area (Å²) in [6.45, 7) is 0.795. The van der Waals surface area contributed by atoms with Crippen LogP contribution >= 0.6 is 0 Å². The summed E-state index contributed by atoms with van der Waals surface area (Å²) in [6.07, 6.45) is 14.1. The minimum atomic E-state index is 0.795. The van der Waals surface area contributed by atoms with Crippen molar-refractivity contribution in [3.8, 4) is 28.2 Å². The third-order valence-corrected chi connectivity index (χ3v) is 12.0. The van der Waals surface area contributed by atoms with Crippen molar-refractivity contribution in [3.63, 3.8) is 0 Å². The molecule has 0 radical (unpaired) electrons. The van der Waals surface area contributed by atoms with Crippen LogP contribution in [0.15, 0.2) is 146 Å². The fourth-order valence-electron chi connectivity index (χ4n) is 9.34. The van der Waals surface area contributed by atoms with Gasteiger partial charge in [0.1, 0.15) is 5.57 Å². The minimum absolute atomic E-state index is 0.795. The average molecular weight is 671 g/mol. The number of hydrogen-bond acceptors (Lipinski definition) is 0. The summed E-state index contributed by atoms with van der Waals surface area (Å²) in [5, 5.41) is 0. The van der Waals surface area contributed by atoms with Crippen LogP contribution in [0, 0.1) is 0 Å². The van der Waals surface area contributed by atoms with Crippen LogP contribution in [0.1, 0.15) is 55.8 Å². The van der Waals surface area contributed by atoms with Gasteiger partial charge in [-0.25, -0.2) is 0 Å². The molecule has 14 rings (SSSR count). The molecule has 7 aliphatic rings. The number of pyridine rings is 3. The Morgan fingerprint density at radius 2 is 1.08 bits per heavy atom. The van der Waals surface area contributed by atoms with E-state index in [1.54, 1.807) is 0 Å². The van der Waals surface area contributed by atoms with Gasteiger partial charge < -0.3 is 0 Å². The molecular weight excluding hydrogens is 631 g/mol. The molecule has 7 aliphatic heterocycles. The molecule has 0 aliphatic carbocycles. The third kappa shape index (κ3) is 4.83. The third-order valence-electron chi connectivity index (χ3n) is 12.0. The van der Waals surface area contributed by atoms with Gasteiger partial charge in [0.15, 0.2) is 25.1 Å². The van der Waals surface area contributed by atoms with Crippen LogP contribution in [0.3, 0.4) is 0 Å². The zero-order chi connectivity index (χ0) is 34.2. The Labute approximate surface area is 305 Å². The van der Waals surface area contributed by atoms with E-state index in [-0.39, 0.29) is 0 Å². The second kappa shape index (κ2) is 11.8. The van der Waals surface area contributed by atoms with Crippen LogP contribution in [-0.2, 0) is 51.5 Å². The molecule has 0 fully saturated rings. The first kappa shape index (κ1) is 29.8. The molecule has 3 aromatic heterocycles. The maximum atomic E-state index is 2.54. The number of nitrogens with zero attached hydrogens (tertiary/aromatic N) is 3. The van der Waals surface area contributed by atoms with Crippen LogP contribution in [0.5, 0.6) is 0 Å². The van der Waals surface area contributed by atoms with Gasteiger partial charge in [-0.3, -0.25) is 0 Å². The number of allylic oxidation sites excluding steroid dienone is 1. The first-order valence-corrected chi connectivity index (χ1v) is 19.0. The monoisotopic (exact) mass is 670 g/mol. The maximum absolute atomic E-state index is 2.54. The van der Waals surface area contributed by atoms with Gasteiger partial charge in [-0.05, 0) is 109 Å². The first-order chi connectivity index (χ1) is 25.7. The number of hydrogen-bond donors (Lipinski definition) is 0. The van der Waals surface area contributed by atoms with E-state index in [9.17, 15) is 0 Å². The van der Waals surface area contributed by atoms with E-state index in [1.807, 2.05) is 0 Å². The van der Waals surface area contributed by atoms with E-state index in [1.165, 1.54) is 95.2 Å². The second-order valence-electron chi connectivity index (χ2n) is 15.1. The summed E-state index contributed by atoms with van der Waals surface area (Å²) < 4.78 is 7.56. The molecule has 12 bridgehead atoms. The Morgan fingerprint density at radius 3 is 1.96 bits per heavy atom. The smallest absolute Gasteiger partial charge is 0.193 e. The Bertz CT molecular complexity index is 2640. The van der Waals surface area contributed by atoms with E-state index in [4.69, 9.17) is 0 Å². The molecule has 10 heterocycles. The molecule has 0 unspecified atom stereocenters. The highest BCUT2D eigenvalue weighted by Gasteiger charge is 2.39. The summed E-state index contributed by atoms with van der Waals surface area (Å²) >= 11 is 0. The van der Waals surface area contributed by atoms with Gasteiger partial charge in [0, 0.05) is 53.4 Å². The molecule has 7 aromatic rings. The Hall–Kier alpha value is -5.93. The Kier molecular flexibility index (Phi) is 6.76. The van der Waals surface area contributed by atoms with Crippen LogP contribution in [0.25, 0.3) is 39.5 Å². The van der Waals surface area contributed by atoms with Crippen molar-refractivity contribution in [2.24, 2.45) is 0 Å². The van der Waals surface area contributed by atoms with Crippen LogP contribution < -0.4 is 13.7 Å². The van der Waals surface area contributed by atoms with Crippen LogP contribution in [0.4, 0.5) is 0 Å². The van der Waals surface area contributed by atoms with Gasteiger partial charge in [-0.1, -0.05) is 54.6 Å². The normalized spacial score (nSPS) is 16.4. The Morgan fingerprint density at radius 1 is 0.404 bits per heavy atom. The highest BCUT2D eigenvalue weighted by atomic mass is 15.0. The number of aromatic nitrogens is 3. The van der Waals surface area contributed by atoms with Gasteiger partial charge in [0.05, 0.1) is 16.7 Å². The second-order valence-corrected chi connectivity index (χ2v) is 15.1. The molecule has 3 nitrogen and oxygen atoms in total. The summed E-state index contributed by atoms with van der Waals surface area (Å²) in [6, 6.07) is 49.1. The highest BCUT2D eigenvalue weighted by molar-refractivity contribution is 5.94. The maximum Gasteiger partial charge on any atom is 0.229 e. The van der Waals surface area contributed by atoms with Crippen molar-refractivity contribution in [1.82, 2.24) is 0 Å². The molecular formula is C49H40N3+3. The molecule has 0 N–H and O–H groups in total. The van der Waals surface area contributed by atoms with Crippen molar-refractivity contribution in [3.05, 3.63) is 202 Å². The molecule has 248 valence electrons. The lowest BCUT2D eigenvalue weighted by Gasteiger charge is -2.14. The number of aryl methyl sites for hydroxylation is 6. The molecule has 0 saturated heterocycles. The quantitative estimate of drug-likeness (QED) is 0.144. The molecule has 52 heavy (non-hydrogen) atoms. The predicted octanol–water partition coefficient (Wildman–Crippen LogP) is 8.19. The van der Waals surface area contributed by atoms with Gasteiger partial charge in [-0.2, -0.15) is 13.7 Å². The van der Waals surface area contributed by atoms with Crippen molar-refractivity contribution in [1.29, 1.82) is 0 Å². The van der Waals surface area contributed by atoms with Crippen molar-refractivity contribution in [2.75, 3.05) is 0 Å². The van der Waals surface area contributed by atoms with Gasteiger partial charge in [0.2, 0.25) is 28.5 Å². The Balaban J connectivity index is 1.32. The highest BCUT2D eigenvalue weighted by Crippen LogP contribution is 2.39. The average Bonchev–Trinajstić information content (AvgIpc) is 3.50. The molecule has 4 aromatic carbocycles. The van der Waals surface area contributed by atoms with Gasteiger partial charge in [0.25, 0.3) is 0 Å². The predicted molar refractivity (Wildman–Crippen MR) is 206 cm³/mol. The number of benzene rings is 4. The molecule has 0 atom stereocenters. The van der Waals surface area contributed by atoms with E-state index < -0.39 is 0 Å². The molecule has 0 amide bonds. The summed E-state index contributed by atoms with van der Waals surface area (Å²) in [5.41, 5.74) is 22.8. The number of fused-ring (bicyclic) bond motifs is 5. The standard InChI is InChI=1S/C49H40N3/c1-2-8-41-39(7-1)29-44-46-11-5-6-26-51(46)48-28-34-13-12-33-14-20-37(21-16-36-19-25-47-42-9-3-4-10-43(42)49(44)52(47)31-36)38(27-33)22-17-35-18-24-45(41)50(30-35)32-40(48)23-15-34/h1-11,14-15,18-20,23-28,30-31H,12-13,16-17,21-22,29,32H2/q+3/b49-44+.